The van der Waals surface area contributed by atoms with Crippen molar-refractivity contribution in [3.63, 3.8) is 0 Å². The Morgan fingerprint density at radius 3 is 2.38 bits per heavy atom. The van der Waals surface area contributed by atoms with Crippen molar-refractivity contribution in [2.24, 2.45) is 5.92 Å². The summed E-state index contributed by atoms with van der Waals surface area (Å²) in [6.45, 7) is 5.89. The van der Waals surface area contributed by atoms with E-state index in [4.69, 9.17) is 4.74 Å². The molecule has 0 radical (unpaired) electrons. The van der Waals surface area contributed by atoms with E-state index in [9.17, 15) is 13.2 Å². The minimum Gasteiger partial charge on any atom is -0.381 e. The van der Waals surface area contributed by atoms with Crippen LogP contribution in [-0.4, -0.2) is 25.9 Å². The van der Waals surface area contributed by atoms with Gasteiger partial charge in [-0.1, -0.05) is 44.2 Å². The Hall–Kier alpha value is -1.07. The highest BCUT2D eigenvalue weighted by atomic mass is 19.4. The van der Waals surface area contributed by atoms with Gasteiger partial charge in [-0.05, 0) is 24.4 Å². The van der Waals surface area contributed by atoms with Crippen molar-refractivity contribution in [2.45, 2.75) is 38.9 Å². The van der Waals surface area contributed by atoms with Crippen LogP contribution in [0.15, 0.2) is 30.3 Å². The summed E-state index contributed by atoms with van der Waals surface area (Å²) >= 11 is 0. The highest BCUT2D eigenvalue weighted by Gasteiger charge is 2.32. The van der Waals surface area contributed by atoms with Crippen molar-refractivity contribution in [3.05, 3.63) is 35.9 Å². The molecule has 1 atom stereocenters. The van der Waals surface area contributed by atoms with Gasteiger partial charge in [0.15, 0.2) is 0 Å². The van der Waals surface area contributed by atoms with Crippen molar-refractivity contribution in [2.75, 3.05) is 19.8 Å². The zero-order valence-electron chi connectivity index (χ0n) is 12.6. The van der Waals surface area contributed by atoms with Crippen molar-refractivity contribution >= 4 is 0 Å². The van der Waals surface area contributed by atoms with Crippen LogP contribution in [0.5, 0.6) is 0 Å². The van der Waals surface area contributed by atoms with Gasteiger partial charge in [-0.2, -0.15) is 13.2 Å². The summed E-state index contributed by atoms with van der Waals surface area (Å²) < 4.78 is 43.4. The molecule has 0 aliphatic rings. The van der Waals surface area contributed by atoms with Crippen LogP contribution in [0, 0.1) is 5.92 Å². The maximum Gasteiger partial charge on any atom is 0.390 e. The smallest absolute Gasteiger partial charge is 0.381 e. The number of hydrogen-bond donors (Lipinski definition) is 1. The van der Waals surface area contributed by atoms with Gasteiger partial charge >= 0.3 is 6.18 Å². The average Bonchev–Trinajstić information content (AvgIpc) is 2.40. The van der Waals surface area contributed by atoms with Crippen LogP contribution in [0.3, 0.4) is 0 Å². The van der Waals surface area contributed by atoms with Crippen LogP contribution in [0.4, 0.5) is 13.2 Å². The summed E-state index contributed by atoms with van der Waals surface area (Å²) in [5, 5.41) is 2.98. The lowest BCUT2D eigenvalue weighted by molar-refractivity contribution is -0.140. The molecule has 1 aromatic rings. The second-order valence-electron chi connectivity index (χ2n) is 5.56. The molecule has 0 aromatic heterocycles. The lowest BCUT2D eigenvalue weighted by Gasteiger charge is -2.21. The number of halogens is 3. The van der Waals surface area contributed by atoms with E-state index in [2.05, 4.69) is 19.2 Å². The van der Waals surface area contributed by atoms with Crippen LogP contribution in [0.25, 0.3) is 0 Å². The summed E-state index contributed by atoms with van der Waals surface area (Å²) in [5.41, 5.74) is 0.665. The Morgan fingerprint density at radius 2 is 1.81 bits per heavy atom. The number of benzene rings is 1. The van der Waals surface area contributed by atoms with E-state index in [1.807, 2.05) is 0 Å². The summed E-state index contributed by atoms with van der Waals surface area (Å²) in [4.78, 5) is 0. The van der Waals surface area contributed by atoms with Crippen molar-refractivity contribution in [1.29, 1.82) is 0 Å². The van der Waals surface area contributed by atoms with E-state index >= 15 is 0 Å². The van der Waals surface area contributed by atoms with Crippen LogP contribution in [0.1, 0.15) is 38.3 Å². The Kier molecular flexibility index (Phi) is 7.75. The van der Waals surface area contributed by atoms with Gasteiger partial charge in [0.1, 0.15) is 0 Å². The molecule has 0 aliphatic heterocycles. The Labute approximate surface area is 124 Å². The van der Waals surface area contributed by atoms with Crippen molar-refractivity contribution in [3.8, 4) is 0 Å². The molecule has 5 heteroatoms. The van der Waals surface area contributed by atoms with Gasteiger partial charge in [0.2, 0.25) is 0 Å². The minimum atomic E-state index is -4.18. The molecule has 120 valence electrons. The maximum atomic E-state index is 12.6. The lowest BCUT2D eigenvalue weighted by atomic mass is 10.0. The Morgan fingerprint density at radius 1 is 1.14 bits per heavy atom. The predicted molar refractivity (Wildman–Crippen MR) is 78.1 cm³/mol. The third-order valence-corrected chi connectivity index (χ3v) is 2.94. The van der Waals surface area contributed by atoms with E-state index in [-0.39, 0.29) is 0 Å². The molecular formula is C16H24F3NO. The molecule has 2 nitrogen and oxygen atoms in total. The summed E-state index contributed by atoms with van der Waals surface area (Å²) in [7, 11) is 0. The van der Waals surface area contributed by atoms with E-state index in [0.29, 0.717) is 37.7 Å². The van der Waals surface area contributed by atoms with Gasteiger partial charge in [0, 0.05) is 19.3 Å². The first-order valence-corrected chi connectivity index (χ1v) is 7.31. The molecular weight excluding hydrogens is 279 g/mol. The van der Waals surface area contributed by atoms with Gasteiger partial charge in [0.05, 0.1) is 6.42 Å². The third-order valence-electron chi connectivity index (χ3n) is 2.94. The first kappa shape index (κ1) is 18.0. The van der Waals surface area contributed by atoms with Gasteiger partial charge in [-0.3, -0.25) is 0 Å². The molecule has 1 N–H and O–H groups in total. The van der Waals surface area contributed by atoms with Gasteiger partial charge in [-0.15, -0.1) is 0 Å². The van der Waals surface area contributed by atoms with Crippen LogP contribution >= 0.6 is 0 Å². The van der Waals surface area contributed by atoms with Crippen LogP contribution in [-0.2, 0) is 4.74 Å². The van der Waals surface area contributed by atoms with Gasteiger partial charge in [0.25, 0.3) is 0 Å². The summed E-state index contributed by atoms with van der Waals surface area (Å²) in [6.07, 6.45) is -4.33. The molecule has 1 rings (SSSR count). The fourth-order valence-corrected chi connectivity index (χ4v) is 1.99. The fraction of sp³-hybridized carbons (Fsp3) is 0.625. The third kappa shape index (κ3) is 8.73. The summed E-state index contributed by atoms with van der Waals surface area (Å²) in [6, 6.07) is 8.06. The largest absolute Gasteiger partial charge is 0.390 e. The van der Waals surface area contributed by atoms with E-state index in [1.54, 1.807) is 30.3 Å². The van der Waals surface area contributed by atoms with E-state index in [1.165, 1.54) is 0 Å². The zero-order valence-corrected chi connectivity index (χ0v) is 12.6. The molecule has 21 heavy (non-hydrogen) atoms. The SMILES string of the molecule is CC(C)COCCCNC(CC(F)(F)F)c1ccccc1. The standard InChI is InChI=1S/C16H24F3NO/c1-13(2)12-21-10-6-9-20-15(11-16(17,18)19)14-7-4-3-5-8-14/h3-5,7-8,13,15,20H,6,9-12H2,1-2H3. The molecule has 0 spiro atoms. The highest BCUT2D eigenvalue weighted by Crippen LogP contribution is 2.29. The normalized spacial score (nSPS) is 13.6. The van der Waals surface area contributed by atoms with Crippen LogP contribution < -0.4 is 5.32 Å². The molecule has 0 amide bonds. The first-order chi connectivity index (χ1) is 9.88. The topological polar surface area (TPSA) is 21.3 Å². The van der Waals surface area contributed by atoms with Crippen molar-refractivity contribution < 1.29 is 17.9 Å². The molecule has 0 aliphatic carbocycles. The molecule has 0 fully saturated rings. The molecule has 1 aromatic carbocycles. The van der Waals surface area contributed by atoms with Gasteiger partial charge in [-0.25, -0.2) is 0 Å². The molecule has 0 saturated carbocycles. The number of nitrogens with one attached hydrogen (secondary N) is 1. The molecule has 0 heterocycles. The van der Waals surface area contributed by atoms with Crippen LogP contribution in [0.2, 0.25) is 0 Å². The number of alkyl halides is 3. The average molecular weight is 303 g/mol. The highest BCUT2D eigenvalue weighted by molar-refractivity contribution is 5.19. The minimum absolute atomic E-state index is 0.472. The Bertz CT molecular complexity index is 379. The first-order valence-electron chi connectivity index (χ1n) is 7.31. The Balaban J connectivity index is 2.40. The number of rotatable bonds is 9. The second kappa shape index (κ2) is 9.05. The quantitative estimate of drug-likeness (QED) is 0.686. The zero-order chi connectivity index (χ0) is 15.7. The molecule has 1 unspecified atom stereocenters. The monoisotopic (exact) mass is 303 g/mol. The number of ether oxygens (including phenoxy) is 1. The maximum absolute atomic E-state index is 12.6. The van der Waals surface area contributed by atoms with E-state index in [0.717, 1.165) is 0 Å². The fourth-order valence-electron chi connectivity index (χ4n) is 1.99. The predicted octanol–water partition coefficient (Wildman–Crippen LogP) is 4.33. The molecule has 0 bridgehead atoms. The lowest BCUT2D eigenvalue weighted by Crippen LogP contribution is -2.28. The van der Waals surface area contributed by atoms with Gasteiger partial charge < -0.3 is 10.1 Å². The summed E-state index contributed by atoms with van der Waals surface area (Å²) in [5.74, 6) is 0.472. The van der Waals surface area contributed by atoms with E-state index < -0.39 is 18.6 Å². The van der Waals surface area contributed by atoms with Crippen molar-refractivity contribution in [1.82, 2.24) is 5.32 Å². The number of hydrogen-bond acceptors (Lipinski definition) is 2. The molecule has 0 saturated heterocycles. The second-order valence-corrected chi connectivity index (χ2v) is 5.56.